The molecule has 0 heterocycles. The molecule has 0 aromatic carbocycles. The highest BCUT2D eigenvalue weighted by Gasteiger charge is 2.35. The van der Waals surface area contributed by atoms with Gasteiger partial charge in [-0.05, 0) is 18.9 Å². The molecule has 0 saturated carbocycles. The highest BCUT2D eigenvalue weighted by molar-refractivity contribution is 6.04. The van der Waals surface area contributed by atoms with Crippen LogP contribution in [-0.4, -0.2) is 60.2 Å². The first kappa shape index (κ1) is 22.8. The molecule has 0 aromatic heterocycles. The third-order valence-electron chi connectivity index (χ3n) is 3.95. The second-order valence-electron chi connectivity index (χ2n) is 7.57. The molecule has 2 N–H and O–H groups in total. The number of nitrogens with zero attached hydrogens (tertiary/aromatic N) is 1. The third-order valence-corrected chi connectivity index (χ3v) is 3.95. The molecule has 0 aliphatic heterocycles. The SMILES string of the molecule is CCCCCCCCC/C=C/C(=O)C(C(=O)O)C(O)C[N+](C)(C)C. The van der Waals surface area contributed by atoms with Gasteiger partial charge in [0.1, 0.15) is 12.6 Å². The van der Waals surface area contributed by atoms with Gasteiger partial charge in [-0.2, -0.15) is 0 Å². The van der Waals surface area contributed by atoms with Crippen molar-refractivity contribution in [3.63, 3.8) is 0 Å². The van der Waals surface area contributed by atoms with Crippen molar-refractivity contribution in [3.8, 4) is 0 Å². The summed E-state index contributed by atoms with van der Waals surface area (Å²) in [6.45, 7) is 2.41. The number of aliphatic hydroxyl groups excluding tert-OH is 1. The second kappa shape index (κ2) is 12.2. The molecule has 2 atom stereocenters. The number of hydrogen-bond donors (Lipinski definition) is 2. The highest BCUT2D eigenvalue weighted by atomic mass is 16.4. The molecule has 0 radical (unpaired) electrons. The lowest BCUT2D eigenvalue weighted by Crippen LogP contribution is -2.47. The smallest absolute Gasteiger partial charge is 0.317 e. The standard InChI is InChI=1S/C19H35NO4/c1-5-6-7-8-9-10-11-12-13-14-16(21)18(19(23)24)17(22)15-20(2,3)4/h13-14,17-18,22H,5-12,15H2,1-4H3/p+1/b14-13+. The molecule has 5 nitrogen and oxygen atoms in total. The fourth-order valence-corrected chi connectivity index (χ4v) is 2.66. The fraction of sp³-hybridized carbons (Fsp3) is 0.789. The number of aliphatic hydroxyl groups is 1. The van der Waals surface area contributed by atoms with E-state index in [0.29, 0.717) is 4.48 Å². The summed E-state index contributed by atoms with van der Waals surface area (Å²) in [6, 6.07) is 0. The average Bonchev–Trinajstić information content (AvgIpc) is 2.43. The van der Waals surface area contributed by atoms with Crippen LogP contribution in [-0.2, 0) is 9.59 Å². The minimum atomic E-state index is -1.38. The predicted octanol–water partition coefficient (Wildman–Crippen LogP) is 3.02. The average molecular weight is 343 g/mol. The van der Waals surface area contributed by atoms with Crippen molar-refractivity contribution in [2.24, 2.45) is 5.92 Å². The molecular formula is C19H36NO4+. The Morgan fingerprint density at radius 3 is 2.04 bits per heavy atom. The minimum Gasteiger partial charge on any atom is -0.481 e. The van der Waals surface area contributed by atoms with Crippen molar-refractivity contribution >= 4 is 11.8 Å². The fourth-order valence-electron chi connectivity index (χ4n) is 2.66. The van der Waals surface area contributed by atoms with Crippen molar-refractivity contribution in [3.05, 3.63) is 12.2 Å². The Balaban J connectivity index is 4.21. The van der Waals surface area contributed by atoms with E-state index in [1.807, 2.05) is 21.1 Å². The topological polar surface area (TPSA) is 74.6 Å². The number of ketones is 1. The molecule has 5 heteroatoms. The lowest BCUT2D eigenvalue weighted by Gasteiger charge is -2.28. The molecule has 0 fully saturated rings. The Hall–Kier alpha value is -1.20. The Bertz CT molecular complexity index is 399. The number of rotatable bonds is 14. The highest BCUT2D eigenvalue weighted by Crippen LogP contribution is 2.12. The largest absolute Gasteiger partial charge is 0.481 e. The first-order chi connectivity index (χ1) is 11.2. The Morgan fingerprint density at radius 2 is 1.54 bits per heavy atom. The number of carbonyl (C=O) groups is 2. The van der Waals surface area contributed by atoms with Crippen molar-refractivity contribution in [1.82, 2.24) is 0 Å². The molecule has 0 aliphatic carbocycles. The van der Waals surface area contributed by atoms with Crippen LogP contribution < -0.4 is 0 Å². The van der Waals surface area contributed by atoms with Gasteiger partial charge in [0.25, 0.3) is 0 Å². The van der Waals surface area contributed by atoms with Gasteiger partial charge in [-0.1, -0.05) is 51.5 Å². The molecule has 2 unspecified atom stereocenters. The van der Waals surface area contributed by atoms with Crippen molar-refractivity contribution in [2.45, 2.75) is 64.4 Å². The molecule has 0 aliphatic rings. The number of hydrogen-bond acceptors (Lipinski definition) is 3. The molecule has 0 spiro atoms. The maximum absolute atomic E-state index is 12.1. The van der Waals surface area contributed by atoms with Gasteiger partial charge in [-0.3, -0.25) is 9.59 Å². The van der Waals surface area contributed by atoms with E-state index in [-0.39, 0.29) is 6.54 Å². The van der Waals surface area contributed by atoms with E-state index in [4.69, 9.17) is 0 Å². The summed E-state index contributed by atoms with van der Waals surface area (Å²) >= 11 is 0. The van der Waals surface area contributed by atoms with E-state index in [1.165, 1.54) is 38.2 Å². The molecule has 0 aromatic rings. The van der Waals surface area contributed by atoms with E-state index in [0.717, 1.165) is 19.3 Å². The van der Waals surface area contributed by atoms with Crippen LogP contribution in [0.25, 0.3) is 0 Å². The van der Waals surface area contributed by atoms with E-state index in [9.17, 15) is 19.8 Å². The molecule has 0 bridgehead atoms. The van der Waals surface area contributed by atoms with E-state index in [1.54, 1.807) is 6.08 Å². The quantitative estimate of drug-likeness (QED) is 0.220. The Labute approximate surface area is 146 Å². The third kappa shape index (κ3) is 11.4. The molecule has 0 saturated heterocycles. The minimum absolute atomic E-state index is 0.217. The van der Waals surface area contributed by atoms with Crippen LogP contribution in [0.5, 0.6) is 0 Å². The van der Waals surface area contributed by atoms with Crippen LogP contribution in [0.15, 0.2) is 12.2 Å². The summed E-state index contributed by atoms with van der Waals surface area (Å²) in [5, 5.41) is 19.3. The van der Waals surface area contributed by atoms with Gasteiger partial charge in [0.05, 0.1) is 21.1 Å². The molecule has 140 valence electrons. The Morgan fingerprint density at radius 1 is 1.00 bits per heavy atom. The van der Waals surface area contributed by atoms with Gasteiger partial charge in [0, 0.05) is 0 Å². The summed E-state index contributed by atoms with van der Waals surface area (Å²) < 4.78 is 0.403. The number of carboxylic acids is 1. The van der Waals surface area contributed by atoms with Gasteiger partial charge >= 0.3 is 5.97 Å². The first-order valence-electron chi connectivity index (χ1n) is 9.10. The van der Waals surface area contributed by atoms with Crippen molar-refractivity contribution in [2.75, 3.05) is 27.7 Å². The lowest BCUT2D eigenvalue weighted by molar-refractivity contribution is -0.873. The maximum atomic E-state index is 12.1. The normalized spacial score (nSPS) is 14.7. The number of likely N-dealkylation sites (N-methyl/N-ethyl adjacent to an activating group) is 1. The summed E-state index contributed by atoms with van der Waals surface area (Å²) in [4.78, 5) is 23.4. The van der Waals surface area contributed by atoms with Crippen LogP contribution in [0, 0.1) is 5.92 Å². The molecule has 24 heavy (non-hydrogen) atoms. The van der Waals surface area contributed by atoms with E-state index >= 15 is 0 Å². The summed E-state index contributed by atoms with van der Waals surface area (Å²) in [6.07, 6.45) is 11.1. The van der Waals surface area contributed by atoms with Crippen LogP contribution >= 0.6 is 0 Å². The summed E-state index contributed by atoms with van der Waals surface area (Å²) in [5.74, 6) is -3.17. The van der Waals surface area contributed by atoms with Gasteiger partial charge < -0.3 is 14.7 Å². The maximum Gasteiger partial charge on any atom is 0.317 e. The van der Waals surface area contributed by atoms with Crippen molar-refractivity contribution < 1.29 is 24.3 Å². The van der Waals surface area contributed by atoms with E-state index < -0.39 is 23.8 Å². The molecule has 0 amide bonds. The van der Waals surface area contributed by atoms with Gasteiger partial charge in [-0.15, -0.1) is 0 Å². The number of unbranched alkanes of at least 4 members (excludes halogenated alkanes) is 7. The van der Waals surface area contributed by atoms with Gasteiger partial charge in [-0.25, -0.2) is 0 Å². The van der Waals surface area contributed by atoms with Crippen LogP contribution in [0.1, 0.15) is 58.3 Å². The van der Waals surface area contributed by atoms with Crippen LogP contribution in [0.4, 0.5) is 0 Å². The Kier molecular flexibility index (Phi) is 11.6. The lowest BCUT2D eigenvalue weighted by atomic mass is 9.96. The number of aliphatic carboxylic acids is 1. The van der Waals surface area contributed by atoms with Gasteiger partial charge in [0.15, 0.2) is 11.7 Å². The second-order valence-corrected chi connectivity index (χ2v) is 7.57. The zero-order valence-corrected chi connectivity index (χ0v) is 15.8. The van der Waals surface area contributed by atoms with Crippen molar-refractivity contribution in [1.29, 1.82) is 0 Å². The number of allylic oxidation sites excluding steroid dienone is 2. The van der Waals surface area contributed by atoms with Gasteiger partial charge in [0.2, 0.25) is 0 Å². The predicted molar refractivity (Wildman–Crippen MR) is 96.8 cm³/mol. The summed E-state index contributed by atoms with van der Waals surface area (Å²) in [5.41, 5.74) is 0. The molecular weight excluding hydrogens is 306 g/mol. The van der Waals surface area contributed by atoms with Crippen LogP contribution in [0.3, 0.4) is 0 Å². The zero-order chi connectivity index (χ0) is 18.6. The number of carboxylic acid groups (broad SMARTS) is 1. The first-order valence-corrected chi connectivity index (χ1v) is 9.10. The monoisotopic (exact) mass is 342 g/mol. The van der Waals surface area contributed by atoms with Crippen LogP contribution in [0.2, 0.25) is 0 Å². The zero-order valence-electron chi connectivity index (χ0n) is 15.8. The molecule has 0 rings (SSSR count). The summed E-state index contributed by atoms with van der Waals surface area (Å²) in [7, 11) is 5.55. The number of quaternary nitrogens is 1. The van der Waals surface area contributed by atoms with E-state index in [2.05, 4.69) is 6.92 Å². The number of carbonyl (C=O) groups excluding carboxylic acids is 1.